The molecule has 0 aliphatic rings. The zero-order valence-corrected chi connectivity index (χ0v) is 11.0. The van der Waals surface area contributed by atoms with Gasteiger partial charge in [0.15, 0.2) is 10.3 Å². The number of hydrogen-bond acceptors (Lipinski definition) is 3. The maximum absolute atomic E-state index is 5.88. The van der Waals surface area contributed by atoms with Gasteiger partial charge < -0.3 is 5.32 Å². The van der Waals surface area contributed by atoms with Gasteiger partial charge in [-0.1, -0.05) is 45.2 Å². The Morgan fingerprint density at radius 1 is 1.12 bits per heavy atom. The summed E-state index contributed by atoms with van der Waals surface area (Å²) >= 11 is 15.0. The maximum atomic E-state index is 5.88. The monoisotopic (exact) mass is 317 g/mol. The van der Waals surface area contributed by atoms with Gasteiger partial charge in [0.05, 0.1) is 5.69 Å². The van der Waals surface area contributed by atoms with Gasteiger partial charge in [0.1, 0.15) is 0 Å². The first-order valence-electron chi connectivity index (χ1n) is 4.36. The molecular weight excluding hydrogens is 313 g/mol. The molecule has 0 atom stereocenters. The molecule has 0 saturated carbocycles. The minimum Gasteiger partial charge on any atom is -0.353 e. The Balaban J connectivity index is 2.30. The summed E-state index contributed by atoms with van der Waals surface area (Å²) in [7, 11) is 0. The van der Waals surface area contributed by atoms with E-state index in [1.165, 1.54) is 0 Å². The van der Waals surface area contributed by atoms with Crippen LogP contribution in [0.25, 0.3) is 0 Å². The minimum atomic E-state index is 0.282. The van der Waals surface area contributed by atoms with Crippen molar-refractivity contribution >= 4 is 50.5 Å². The Morgan fingerprint density at radius 2 is 1.94 bits per heavy atom. The molecule has 6 heteroatoms. The number of benzene rings is 1. The van der Waals surface area contributed by atoms with E-state index in [2.05, 4.69) is 31.4 Å². The number of aromatic nitrogens is 2. The van der Waals surface area contributed by atoms with E-state index in [1.54, 1.807) is 6.07 Å². The third kappa shape index (κ3) is 2.84. The van der Waals surface area contributed by atoms with Gasteiger partial charge in [-0.15, -0.1) is 10.2 Å². The fourth-order valence-corrected chi connectivity index (χ4v) is 1.85. The quantitative estimate of drug-likeness (QED) is 0.897. The van der Waals surface area contributed by atoms with E-state index in [0.717, 1.165) is 10.2 Å². The Bertz CT molecular complexity index is 519. The number of rotatable bonds is 2. The molecule has 0 amide bonds. The number of nitrogens with zero attached hydrogens (tertiary/aromatic N) is 2. The van der Waals surface area contributed by atoms with Gasteiger partial charge in [-0.2, -0.15) is 0 Å². The Kier molecular flexibility index (Phi) is 3.63. The molecule has 1 heterocycles. The summed E-state index contributed by atoms with van der Waals surface area (Å²) in [6.45, 7) is 0. The van der Waals surface area contributed by atoms with Gasteiger partial charge in [-0.25, -0.2) is 0 Å². The van der Waals surface area contributed by atoms with Crippen LogP contribution in [-0.4, -0.2) is 10.2 Å². The topological polar surface area (TPSA) is 37.8 Å². The summed E-state index contributed by atoms with van der Waals surface area (Å²) in [4.78, 5) is 0. The second-order valence-corrected chi connectivity index (χ2v) is 4.67. The van der Waals surface area contributed by atoms with Crippen LogP contribution in [0, 0.1) is 0 Å². The summed E-state index contributed by atoms with van der Waals surface area (Å²) in [5, 5.41) is 11.0. The van der Waals surface area contributed by atoms with Crippen LogP contribution in [0.15, 0.2) is 34.8 Å². The molecule has 16 heavy (non-hydrogen) atoms. The highest BCUT2D eigenvalue weighted by Crippen LogP contribution is 2.26. The Hall–Kier alpha value is -0.840. The van der Waals surface area contributed by atoms with Crippen LogP contribution in [0.4, 0.5) is 11.4 Å². The molecule has 1 N–H and O–H groups in total. The van der Waals surface area contributed by atoms with Crippen molar-refractivity contribution in [2.24, 2.45) is 0 Å². The van der Waals surface area contributed by atoms with Gasteiger partial charge in [-0.05, 0) is 18.2 Å². The summed E-state index contributed by atoms with van der Waals surface area (Å²) < 4.78 is 0.974. The van der Waals surface area contributed by atoms with Crippen LogP contribution in [0.5, 0.6) is 0 Å². The number of halogens is 3. The molecule has 2 aromatic rings. The second kappa shape index (κ2) is 4.99. The molecule has 0 radical (unpaired) electrons. The Labute approximate surface area is 111 Å². The van der Waals surface area contributed by atoms with Crippen molar-refractivity contribution in [3.8, 4) is 0 Å². The first-order valence-corrected chi connectivity index (χ1v) is 5.91. The summed E-state index contributed by atoms with van der Waals surface area (Å²) in [5.74, 6) is 0. The fraction of sp³-hybridized carbons (Fsp3) is 0. The average Bonchev–Trinajstić information content (AvgIpc) is 2.24. The van der Waals surface area contributed by atoms with Crippen molar-refractivity contribution in [3.05, 3.63) is 45.1 Å². The molecule has 82 valence electrons. The lowest BCUT2D eigenvalue weighted by atomic mass is 10.3. The van der Waals surface area contributed by atoms with E-state index in [9.17, 15) is 0 Å². The van der Waals surface area contributed by atoms with Crippen molar-refractivity contribution in [3.63, 3.8) is 0 Å². The summed E-state index contributed by atoms with van der Waals surface area (Å²) in [5.41, 5.74) is 1.51. The molecule has 0 unspecified atom stereocenters. The highest BCUT2D eigenvalue weighted by Gasteiger charge is 2.04. The van der Waals surface area contributed by atoms with Gasteiger partial charge >= 0.3 is 0 Å². The van der Waals surface area contributed by atoms with Crippen molar-refractivity contribution in [2.75, 3.05) is 5.32 Å². The Morgan fingerprint density at radius 3 is 2.69 bits per heavy atom. The highest BCUT2D eigenvalue weighted by molar-refractivity contribution is 9.10. The van der Waals surface area contributed by atoms with Crippen molar-refractivity contribution < 1.29 is 0 Å². The first kappa shape index (κ1) is 11.6. The lowest BCUT2D eigenvalue weighted by Crippen LogP contribution is -1.94. The third-order valence-electron chi connectivity index (χ3n) is 1.82. The fourth-order valence-electron chi connectivity index (χ4n) is 1.16. The van der Waals surface area contributed by atoms with Gasteiger partial charge in [0.25, 0.3) is 0 Å². The molecule has 0 aliphatic heterocycles. The van der Waals surface area contributed by atoms with E-state index in [0.29, 0.717) is 10.8 Å². The highest BCUT2D eigenvalue weighted by atomic mass is 79.9. The van der Waals surface area contributed by atoms with Gasteiger partial charge in [0.2, 0.25) is 0 Å². The van der Waals surface area contributed by atoms with E-state index in [4.69, 9.17) is 23.2 Å². The van der Waals surface area contributed by atoms with E-state index in [1.807, 2.05) is 24.3 Å². The number of anilines is 2. The number of hydrogen-bond donors (Lipinski definition) is 1. The third-order valence-corrected chi connectivity index (χ3v) is 2.78. The summed E-state index contributed by atoms with van der Waals surface area (Å²) in [6, 6.07) is 9.30. The van der Waals surface area contributed by atoms with E-state index >= 15 is 0 Å². The summed E-state index contributed by atoms with van der Waals surface area (Å²) in [6.07, 6.45) is 0. The van der Waals surface area contributed by atoms with Crippen LogP contribution in [0.1, 0.15) is 0 Å². The maximum Gasteiger partial charge on any atom is 0.175 e. The SMILES string of the molecule is Clc1cc(Nc2cccc(Br)c2)c(Cl)nn1. The first-order chi connectivity index (χ1) is 7.65. The lowest BCUT2D eigenvalue weighted by Gasteiger charge is -2.07. The second-order valence-electron chi connectivity index (χ2n) is 3.01. The number of nitrogens with one attached hydrogen (secondary N) is 1. The van der Waals surface area contributed by atoms with Crippen molar-refractivity contribution in [1.29, 1.82) is 0 Å². The van der Waals surface area contributed by atoms with Crippen LogP contribution in [0.2, 0.25) is 10.3 Å². The van der Waals surface area contributed by atoms with Gasteiger partial charge in [-0.3, -0.25) is 0 Å². The molecule has 1 aromatic carbocycles. The average molecular weight is 319 g/mol. The lowest BCUT2D eigenvalue weighted by molar-refractivity contribution is 1.03. The van der Waals surface area contributed by atoms with E-state index < -0.39 is 0 Å². The zero-order chi connectivity index (χ0) is 11.5. The molecule has 0 spiro atoms. The van der Waals surface area contributed by atoms with Crippen LogP contribution in [-0.2, 0) is 0 Å². The molecule has 0 aliphatic carbocycles. The molecule has 0 saturated heterocycles. The smallest absolute Gasteiger partial charge is 0.175 e. The van der Waals surface area contributed by atoms with Crippen LogP contribution < -0.4 is 5.32 Å². The molecule has 2 rings (SSSR count). The van der Waals surface area contributed by atoms with Crippen LogP contribution >= 0.6 is 39.1 Å². The molecular formula is C10H6BrCl2N3. The predicted molar refractivity (Wildman–Crippen MR) is 69.5 cm³/mol. The van der Waals surface area contributed by atoms with Crippen LogP contribution in [0.3, 0.4) is 0 Å². The zero-order valence-electron chi connectivity index (χ0n) is 7.92. The van der Waals surface area contributed by atoms with Crippen molar-refractivity contribution in [2.45, 2.75) is 0 Å². The predicted octanol–water partition coefficient (Wildman–Crippen LogP) is 4.29. The largest absolute Gasteiger partial charge is 0.353 e. The molecule has 3 nitrogen and oxygen atoms in total. The normalized spacial score (nSPS) is 10.2. The minimum absolute atomic E-state index is 0.282. The molecule has 0 bridgehead atoms. The van der Waals surface area contributed by atoms with E-state index in [-0.39, 0.29) is 5.15 Å². The van der Waals surface area contributed by atoms with Gasteiger partial charge in [0, 0.05) is 16.2 Å². The molecule has 0 fully saturated rings. The molecule has 1 aromatic heterocycles. The standard InChI is InChI=1S/C10H6BrCl2N3/c11-6-2-1-3-7(4-6)14-8-5-9(12)15-16-10(8)13/h1-5H,(H,14,15). The van der Waals surface area contributed by atoms with Crippen molar-refractivity contribution in [1.82, 2.24) is 10.2 Å².